The highest BCUT2D eigenvalue weighted by molar-refractivity contribution is 5.91. The van der Waals surface area contributed by atoms with Crippen LogP contribution in [0.5, 0.6) is 0 Å². The normalized spacial score (nSPS) is 56.8. The average Bonchev–Trinajstić information content (AvgIpc) is 3.02. The SMILES string of the molecule is COC(=O)C1C2C3(CCC(O)C2(C)C(=O)O3)C2CCC3(C)CC12CC3=O. The van der Waals surface area contributed by atoms with Gasteiger partial charge in [0.15, 0.2) is 0 Å². The van der Waals surface area contributed by atoms with Crippen molar-refractivity contribution in [2.45, 2.75) is 64.1 Å². The molecule has 5 fully saturated rings. The molecule has 6 nitrogen and oxygen atoms in total. The van der Waals surface area contributed by atoms with E-state index in [2.05, 4.69) is 0 Å². The molecule has 0 radical (unpaired) electrons. The van der Waals surface area contributed by atoms with Crippen LogP contribution in [0.1, 0.15) is 52.4 Å². The molecule has 1 aliphatic heterocycles. The van der Waals surface area contributed by atoms with Crippen LogP contribution >= 0.6 is 0 Å². The maximum atomic E-state index is 13.0. The average molecular weight is 362 g/mol. The van der Waals surface area contributed by atoms with E-state index in [-0.39, 0.29) is 17.7 Å². The largest absolute Gasteiger partial charge is 0.469 e. The highest BCUT2D eigenvalue weighted by Crippen LogP contribution is 2.78. The van der Waals surface area contributed by atoms with Crippen LogP contribution in [0.3, 0.4) is 0 Å². The summed E-state index contributed by atoms with van der Waals surface area (Å²) in [6, 6.07) is 0. The van der Waals surface area contributed by atoms with Crippen molar-refractivity contribution in [1.82, 2.24) is 0 Å². The lowest BCUT2D eigenvalue weighted by Crippen LogP contribution is -2.53. The van der Waals surface area contributed by atoms with Crippen LogP contribution in [0.4, 0.5) is 0 Å². The molecule has 0 aromatic rings. The molecule has 5 aliphatic rings. The maximum absolute atomic E-state index is 13.0. The van der Waals surface area contributed by atoms with Gasteiger partial charge in [0.2, 0.25) is 0 Å². The first-order valence-electron chi connectivity index (χ1n) is 9.68. The maximum Gasteiger partial charge on any atom is 0.315 e. The molecule has 6 heteroatoms. The topological polar surface area (TPSA) is 89.9 Å². The Kier molecular flexibility index (Phi) is 2.90. The van der Waals surface area contributed by atoms with E-state index in [1.807, 2.05) is 6.92 Å². The molecular weight excluding hydrogens is 336 g/mol. The Morgan fingerprint density at radius 3 is 2.65 bits per heavy atom. The van der Waals surface area contributed by atoms with Crippen molar-refractivity contribution in [3.05, 3.63) is 0 Å². The van der Waals surface area contributed by atoms with Gasteiger partial charge in [-0.1, -0.05) is 6.92 Å². The number of carbonyl (C=O) groups excluding carboxylic acids is 3. The number of ether oxygens (including phenoxy) is 2. The van der Waals surface area contributed by atoms with Crippen molar-refractivity contribution in [1.29, 1.82) is 0 Å². The fourth-order valence-electron chi connectivity index (χ4n) is 7.90. The first-order chi connectivity index (χ1) is 12.2. The minimum Gasteiger partial charge on any atom is -0.469 e. The molecule has 4 aliphatic carbocycles. The van der Waals surface area contributed by atoms with Gasteiger partial charge in [-0.25, -0.2) is 0 Å². The number of Topliss-reactive ketones (excluding diaryl/α,β-unsaturated/α-hetero) is 1. The molecule has 0 aromatic carbocycles. The molecule has 26 heavy (non-hydrogen) atoms. The van der Waals surface area contributed by atoms with Gasteiger partial charge in [-0.15, -0.1) is 0 Å². The highest BCUT2D eigenvalue weighted by atomic mass is 16.6. The first-order valence-corrected chi connectivity index (χ1v) is 9.68. The minimum atomic E-state index is -1.11. The number of aliphatic hydroxyl groups is 1. The molecule has 1 heterocycles. The van der Waals surface area contributed by atoms with E-state index in [9.17, 15) is 19.5 Å². The number of esters is 2. The Balaban J connectivity index is 1.75. The molecule has 142 valence electrons. The van der Waals surface area contributed by atoms with Gasteiger partial charge in [0.1, 0.15) is 11.4 Å². The van der Waals surface area contributed by atoms with Gasteiger partial charge in [-0.3, -0.25) is 14.4 Å². The molecule has 1 N–H and O–H groups in total. The number of methoxy groups -OCH3 is 1. The third-order valence-electron chi connectivity index (χ3n) is 8.95. The van der Waals surface area contributed by atoms with Crippen molar-refractivity contribution in [3.8, 4) is 0 Å². The van der Waals surface area contributed by atoms with Crippen LogP contribution in [-0.4, -0.2) is 41.6 Å². The zero-order valence-electron chi connectivity index (χ0n) is 15.5. The molecular formula is C20H26O6. The Morgan fingerprint density at radius 2 is 1.96 bits per heavy atom. The molecule has 1 spiro atoms. The Morgan fingerprint density at radius 1 is 1.23 bits per heavy atom. The Hall–Kier alpha value is -1.43. The second-order valence-electron chi connectivity index (χ2n) is 9.82. The summed E-state index contributed by atoms with van der Waals surface area (Å²) in [5.41, 5.74) is -2.75. The lowest BCUT2D eigenvalue weighted by atomic mass is 9.59. The lowest BCUT2D eigenvalue weighted by Gasteiger charge is -2.45. The molecule has 4 saturated carbocycles. The van der Waals surface area contributed by atoms with Crippen LogP contribution in [-0.2, 0) is 23.9 Å². The van der Waals surface area contributed by atoms with Crippen LogP contribution in [0.15, 0.2) is 0 Å². The third kappa shape index (κ3) is 1.47. The number of aliphatic hydroxyl groups excluding tert-OH is 1. The molecule has 0 amide bonds. The van der Waals surface area contributed by atoms with E-state index in [1.165, 1.54) is 7.11 Å². The van der Waals surface area contributed by atoms with Gasteiger partial charge in [-0.2, -0.15) is 0 Å². The van der Waals surface area contributed by atoms with Crippen molar-refractivity contribution in [2.75, 3.05) is 7.11 Å². The van der Waals surface area contributed by atoms with Crippen molar-refractivity contribution in [3.63, 3.8) is 0 Å². The van der Waals surface area contributed by atoms with Gasteiger partial charge in [0.05, 0.1) is 24.5 Å². The molecule has 0 aromatic heterocycles. The van der Waals surface area contributed by atoms with Crippen molar-refractivity contribution in [2.24, 2.45) is 34.0 Å². The Bertz CT molecular complexity index is 747. The zero-order valence-corrected chi connectivity index (χ0v) is 15.5. The summed E-state index contributed by atoms with van der Waals surface area (Å²) in [4.78, 5) is 38.7. The monoisotopic (exact) mass is 362 g/mol. The predicted octanol–water partition coefficient (Wildman–Crippen LogP) is 1.63. The number of hydrogen-bond acceptors (Lipinski definition) is 6. The summed E-state index contributed by atoms with van der Waals surface area (Å²) < 4.78 is 11.2. The van der Waals surface area contributed by atoms with Gasteiger partial charge in [0, 0.05) is 23.7 Å². The lowest BCUT2D eigenvalue weighted by molar-refractivity contribution is -0.164. The fraction of sp³-hybridized carbons (Fsp3) is 0.850. The molecule has 1 saturated heterocycles. The summed E-state index contributed by atoms with van der Waals surface area (Å²) >= 11 is 0. The van der Waals surface area contributed by atoms with E-state index in [1.54, 1.807) is 6.92 Å². The second kappa shape index (κ2) is 4.51. The number of hydrogen-bond donors (Lipinski definition) is 1. The summed E-state index contributed by atoms with van der Waals surface area (Å²) in [6.07, 6.45) is 2.79. The molecule has 8 unspecified atom stereocenters. The van der Waals surface area contributed by atoms with E-state index in [0.717, 1.165) is 12.8 Å². The van der Waals surface area contributed by atoms with Crippen LogP contribution in [0.25, 0.3) is 0 Å². The van der Waals surface area contributed by atoms with Crippen molar-refractivity contribution >= 4 is 17.7 Å². The number of ketones is 1. The minimum absolute atomic E-state index is 0.0121. The number of fused-ring (bicyclic) bond motifs is 1. The van der Waals surface area contributed by atoms with Crippen LogP contribution in [0.2, 0.25) is 0 Å². The third-order valence-corrected chi connectivity index (χ3v) is 8.95. The van der Waals surface area contributed by atoms with E-state index in [0.29, 0.717) is 25.7 Å². The highest BCUT2D eigenvalue weighted by Gasteiger charge is 2.84. The standard InChI is InChI=1S/C20H26O6/c1-17-6-4-10-19(9-17,8-12(17)22)13(15(23)25-3)14-18(2)11(21)5-7-20(10,14)26-16(18)24/h10-11,13-14,21H,4-9H2,1-3H3. The Labute approximate surface area is 152 Å². The zero-order chi connectivity index (χ0) is 18.7. The van der Waals surface area contributed by atoms with Gasteiger partial charge >= 0.3 is 11.9 Å². The summed E-state index contributed by atoms with van der Waals surface area (Å²) in [5.74, 6) is -1.54. The van der Waals surface area contributed by atoms with Crippen molar-refractivity contribution < 1.29 is 29.0 Å². The van der Waals surface area contributed by atoms with E-state index < -0.39 is 45.8 Å². The van der Waals surface area contributed by atoms with Gasteiger partial charge in [0.25, 0.3) is 0 Å². The van der Waals surface area contributed by atoms with E-state index in [4.69, 9.17) is 9.47 Å². The van der Waals surface area contributed by atoms with Crippen LogP contribution in [0, 0.1) is 34.0 Å². The smallest absolute Gasteiger partial charge is 0.315 e. The van der Waals surface area contributed by atoms with Crippen LogP contribution < -0.4 is 0 Å². The molecule has 5 rings (SSSR count). The predicted molar refractivity (Wildman–Crippen MR) is 88.7 cm³/mol. The summed E-state index contributed by atoms with van der Waals surface area (Å²) in [6.45, 7) is 3.75. The molecule has 8 atom stereocenters. The quantitative estimate of drug-likeness (QED) is 0.713. The van der Waals surface area contributed by atoms with Gasteiger partial charge < -0.3 is 14.6 Å². The number of carbonyl (C=O) groups is 3. The molecule has 4 bridgehead atoms. The fourth-order valence-corrected chi connectivity index (χ4v) is 7.90. The second-order valence-corrected chi connectivity index (χ2v) is 9.82. The van der Waals surface area contributed by atoms with E-state index >= 15 is 0 Å². The summed E-state index contributed by atoms with van der Waals surface area (Å²) in [5, 5.41) is 10.7. The first kappa shape index (κ1) is 16.7. The number of rotatable bonds is 1. The van der Waals surface area contributed by atoms with Gasteiger partial charge in [-0.05, 0) is 44.4 Å². The summed E-state index contributed by atoms with van der Waals surface area (Å²) in [7, 11) is 1.37.